The average Bonchev–Trinajstić information content (AvgIpc) is 1.62. The molecule has 0 unspecified atom stereocenters. The van der Waals surface area contributed by atoms with E-state index in [9.17, 15) is 70.7 Å². The number of rotatable bonds is 18. The lowest BCUT2D eigenvalue weighted by atomic mass is 10.00. The molecule has 0 atom stereocenters. The molecule has 9 amide bonds. The molecule has 3 aromatic heterocycles. The van der Waals surface area contributed by atoms with Gasteiger partial charge in [-0.05, 0) is 191 Å². The van der Waals surface area contributed by atoms with Gasteiger partial charge in [-0.15, -0.1) is 0 Å². The summed E-state index contributed by atoms with van der Waals surface area (Å²) in [5, 5.41) is 20.2. The number of hydrogen-bond acceptors (Lipinski definition) is 12. The highest BCUT2D eigenvalue weighted by atomic mass is 19.1. The Hall–Kier alpha value is -10.5. The number of nitrogens with two attached hydrogens (primary N) is 1. The molecule has 0 spiro atoms. The summed E-state index contributed by atoms with van der Waals surface area (Å²) in [6.45, 7) is 20.0. The third kappa shape index (κ3) is 15.1. The molecule has 10 N–H and O–H groups in total. The van der Waals surface area contributed by atoms with E-state index in [4.69, 9.17) is 5.73 Å². The zero-order valence-corrected chi connectivity index (χ0v) is 55.5. The third-order valence-corrected chi connectivity index (χ3v) is 16.9. The van der Waals surface area contributed by atoms with Gasteiger partial charge in [0.2, 0.25) is 17.7 Å². The van der Waals surface area contributed by atoms with Crippen LogP contribution in [0.3, 0.4) is 0 Å². The number of fused-ring (bicyclic) bond motifs is 3. The molecule has 0 saturated carbocycles. The minimum atomic E-state index is -1.40. The number of likely N-dealkylation sites (N-methyl/N-ethyl adjacent to an activating group) is 2. The molecule has 0 fully saturated rings. The summed E-state index contributed by atoms with van der Waals surface area (Å²) < 4.78 is 46.8. The predicted octanol–water partition coefficient (Wildman–Crippen LogP) is 6.54. The van der Waals surface area contributed by atoms with Crippen molar-refractivity contribution in [2.24, 2.45) is 5.73 Å². The van der Waals surface area contributed by atoms with E-state index in [2.05, 4.69) is 42.5 Å². The Balaban J connectivity index is 0.000000201. The first kappa shape index (κ1) is 72.0. The Morgan fingerprint density at radius 3 is 0.895 bits per heavy atom. The van der Waals surface area contributed by atoms with Crippen molar-refractivity contribution in [2.45, 2.75) is 158 Å². The van der Waals surface area contributed by atoms with Gasteiger partial charge in [0.15, 0.2) is 0 Å². The SMILES string of the molecule is CNC(=O)C(C)(C)NC(=O)C(=O)c1c(C)c(C(=O)Nc2ccc(C)c(F)c2)n2c1CCC2.CNC(=O)C(C)(C)NC(=O)C(=O)c1c(C)c(C(=O)Nc2ccc(C)c(F)c2)n2c1CCC2.Cc1ccc(NC(=O)c2c(C)c(C(=O)C(=O)NC(C)(C)C(N)=O)c3n2CCC3)cc1F. The van der Waals surface area contributed by atoms with Crippen molar-refractivity contribution in [1.29, 1.82) is 0 Å². The molecule has 0 aliphatic carbocycles. The van der Waals surface area contributed by atoms with E-state index in [1.165, 1.54) is 73.8 Å². The molecule has 0 saturated heterocycles. The maximum absolute atomic E-state index is 13.9. The number of amides is 9. The molecule has 27 heteroatoms. The Morgan fingerprint density at radius 1 is 0.411 bits per heavy atom. The first-order valence-electron chi connectivity index (χ1n) is 30.6. The maximum atomic E-state index is 13.9. The van der Waals surface area contributed by atoms with Gasteiger partial charge in [-0.2, -0.15) is 0 Å². The van der Waals surface area contributed by atoms with Crippen LogP contribution in [-0.2, 0) is 67.7 Å². The Bertz CT molecular complexity index is 4050. The van der Waals surface area contributed by atoms with Crippen LogP contribution in [0.25, 0.3) is 0 Å². The van der Waals surface area contributed by atoms with Crippen LogP contribution in [0.2, 0.25) is 0 Å². The van der Waals surface area contributed by atoms with Gasteiger partial charge < -0.3 is 62.0 Å². The standard InChI is InChI=1S/2C23H27FN4O4.C22H25FN4O4/c2*1-12-8-9-14(11-15(12)24)26-20(30)18-13(2)17(16-7-6-10-28(16)18)19(29)21(31)27-23(3,4)22(32)25-5;1-11-7-8-13(10-14(11)23)25-19(29)17-12(2)16(15-6-5-9-27(15)17)18(28)20(30)26-22(3,4)21(24)31/h2*8-9,11H,6-7,10H2,1-5H3,(H,25,32)(H,26,30)(H,27,31);7-8,10H,5-6,9H2,1-4H3,(H2,24,31)(H,25,29)(H,26,30). The molecule has 6 heterocycles. The first-order chi connectivity index (χ1) is 44.4. The highest BCUT2D eigenvalue weighted by Crippen LogP contribution is 2.34. The number of benzene rings is 3. The fourth-order valence-electron chi connectivity index (χ4n) is 11.7. The van der Waals surface area contributed by atoms with Crippen LogP contribution in [0, 0.1) is 59.0 Å². The van der Waals surface area contributed by atoms with Crippen LogP contribution in [0.1, 0.15) is 174 Å². The lowest BCUT2D eigenvalue weighted by molar-refractivity contribution is -0.130. The van der Waals surface area contributed by atoms with Crippen LogP contribution in [0.15, 0.2) is 54.6 Å². The molecule has 3 aliphatic heterocycles. The summed E-state index contributed by atoms with van der Waals surface area (Å²) in [6.07, 6.45) is 3.77. The van der Waals surface area contributed by atoms with E-state index in [-0.39, 0.29) is 39.5 Å². The van der Waals surface area contributed by atoms with Gasteiger partial charge in [-0.1, -0.05) is 18.2 Å². The van der Waals surface area contributed by atoms with Crippen molar-refractivity contribution >= 4 is 87.6 Å². The van der Waals surface area contributed by atoms with Gasteiger partial charge >= 0.3 is 0 Å². The van der Waals surface area contributed by atoms with E-state index in [0.717, 1.165) is 12.8 Å². The molecule has 3 aromatic carbocycles. The fraction of sp³-hybridized carbons (Fsp3) is 0.382. The summed E-state index contributed by atoms with van der Waals surface area (Å²) in [5.74, 6) is -9.71. The van der Waals surface area contributed by atoms with Crippen LogP contribution < -0.4 is 48.3 Å². The fourth-order valence-corrected chi connectivity index (χ4v) is 11.7. The quantitative estimate of drug-likeness (QED) is 0.0327. The largest absolute Gasteiger partial charge is 0.368 e. The van der Waals surface area contributed by atoms with E-state index in [0.29, 0.717) is 107 Å². The van der Waals surface area contributed by atoms with Gasteiger partial charge in [0.1, 0.15) is 51.2 Å². The molecule has 95 heavy (non-hydrogen) atoms. The Kier molecular flexibility index (Phi) is 21.5. The van der Waals surface area contributed by atoms with Crippen LogP contribution in [0.4, 0.5) is 30.2 Å². The summed E-state index contributed by atoms with van der Waals surface area (Å²) in [7, 11) is 2.88. The van der Waals surface area contributed by atoms with Gasteiger partial charge in [0.25, 0.3) is 52.8 Å². The second-order valence-corrected chi connectivity index (χ2v) is 25.2. The van der Waals surface area contributed by atoms with Gasteiger partial charge in [-0.3, -0.25) is 57.5 Å². The summed E-state index contributed by atoms with van der Waals surface area (Å²) in [6, 6.07) is 13.2. The van der Waals surface area contributed by atoms with Crippen LogP contribution >= 0.6 is 0 Å². The number of primary amides is 1. The van der Waals surface area contributed by atoms with Crippen molar-refractivity contribution < 1.29 is 70.7 Å². The molecule has 9 rings (SSSR count). The van der Waals surface area contributed by atoms with Crippen LogP contribution in [-0.4, -0.2) is 115 Å². The molecule has 504 valence electrons. The van der Waals surface area contributed by atoms with E-state index < -0.39 is 105 Å². The van der Waals surface area contributed by atoms with Crippen molar-refractivity contribution in [3.63, 3.8) is 0 Å². The third-order valence-electron chi connectivity index (χ3n) is 16.9. The highest BCUT2D eigenvalue weighted by Gasteiger charge is 2.40. The van der Waals surface area contributed by atoms with E-state index in [1.807, 2.05) is 0 Å². The van der Waals surface area contributed by atoms with Gasteiger partial charge in [0, 0.05) is 67.9 Å². The second kappa shape index (κ2) is 28.4. The van der Waals surface area contributed by atoms with E-state index in [1.54, 1.807) is 91.6 Å². The zero-order chi connectivity index (χ0) is 70.7. The topological polar surface area (TPSA) is 342 Å². The number of halogens is 3. The van der Waals surface area contributed by atoms with Crippen molar-refractivity contribution in [1.82, 2.24) is 40.3 Å². The molecular formula is C68H79F3N12O12. The number of nitrogens with zero attached hydrogens (tertiary/aromatic N) is 3. The zero-order valence-electron chi connectivity index (χ0n) is 55.5. The number of aromatic nitrogens is 3. The van der Waals surface area contributed by atoms with E-state index >= 15 is 0 Å². The first-order valence-corrected chi connectivity index (χ1v) is 30.6. The lowest BCUT2D eigenvalue weighted by Gasteiger charge is -2.23. The summed E-state index contributed by atoms with van der Waals surface area (Å²) >= 11 is 0. The number of Topliss-reactive ketones (excluding diaryl/α,β-unsaturated/α-hetero) is 3. The van der Waals surface area contributed by atoms with Crippen molar-refractivity contribution in [2.75, 3.05) is 30.0 Å². The molecule has 6 aromatic rings. The predicted molar refractivity (Wildman–Crippen MR) is 347 cm³/mol. The molecule has 24 nitrogen and oxygen atoms in total. The smallest absolute Gasteiger partial charge is 0.293 e. The maximum Gasteiger partial charge on any atom is 0.293 e. The number of carbonyl (C=O) groups excluding carboxylic acids is 12. The monoisotopic (exact) mass is 1310 g/mol. The Labute approximate surface area is 546 Å². The Morgan fingerprint density at radius 2 is 0.663 bits per heavy atom. The van der Waals surface area contributed by atoms with Gasteiger partial charge in [0.05, 0.1) is 16.7 Å². The van der Waals surface area contributed by atoms with Crippen molar-refractivity contribution in [3.05, 3.63) is 156 Å². The average molecular weight is 1310 g/mol. The highest BCUT2D eigenvalue weighted by molar-refractivity contribution is 6.45. The molecule has 0 radical (unpaired) electrons. The minimum Gasteiger partial charge on any atom is -0.368 e. The number of ketones is 3. The van der Waals surface area contributed by atoms with Crippen molar-refractivity contribution in [3.8, 4) is 0 Å². The number of hydrogen-bond donors (Lipinski definition) is 9. The molecular weight excluding hydrogens is 1230 g/mol. The minimum absolute atomic E-state index is 0.149. The number of aryl methyl sites for hydroxylation is 3. The normalized spacial score (nSPS) is 12.9. The molecule has 3 aliphatic rings. The van der Waals surface area contributed by atoms with Crippen LogP contribution in [0.5, 0.6) is 0 Å². The summed E-state index contributed by atoms with van der Waals surface area (Å²) in [5.41, 5.74) is 7.75. The van der Waals surface area contributed by atoms with Gasteiger partial charge in [-0.25, -0.2) is 13.2 Å². The summed E-state index contributed by atoms with van der Waals surface area (Å²) in [4.78, 5) is 151. The second-order valence-electron chi connectivity index (χ2n) is 25.2. The number of anilines is 3. The molecule has 0 bridgehead atoms. The number of nitrogens with one attached hydrogen (secondary N) is 8. The number of carbonyl (C=O) groups is 12. The lowest BCUT2D eigenvalue weighted by Crippen LogP contribution is -2.55.